The van der Waals surface area contributed by atoms with Crippen molar-refractivity contribution in [1.29, 1.82) is 0 Å². The van der Waals surface area contributed by atoms with Crippen LogP contribution in [0.3, 0.4) is 0 Å². The molecule has 0 amide bonds. The van der Waals surface area contributed by atoms with Crippen molar-refractivity contribution in [3.05, 3.63) is 0 Å². The topological polar surface area (TPSA) is 39.8 Å². The fraction of sp³-hybridized carbons (Fsp3) is 1.00. The Balaban J connectivity index is 1.65. The smallest absolute Gasteiger partial charge is 0.0620 e. The summed E-state index contributed by atoms with van der Waals surface area (Å²) in [5.41, 5.74) is 0. The molecule has 3 atom stereocenters. The lowest BCUT2D eigenvalue weighted by molar-refractivity contribution is 0.0698. The molecule has 2 heterocycles. The fourth-order valence-electron chi connectivity index (χ4n) is 2.94. The Morgan fingerprint density at radius 3 is 2.95 bits per heavy atom. The summed E-state index contributed by atoms with van der Waals surface area (Å²) in [7, 11) is 4.45. The van der Waals surface area contributed by atoms with Gasteiger partial charge in [0.25, 0.3) is 0 Å². The first kappa shape index (κ1) is 15.2. The Bertz CT molecular complexity index is 258. The van der Waals surface area contributed by atoms with Crippen molar-refractivity contribution >= 4 is 0 Å². The first-order valence-electron chi connectivity index (χ1n) is 7.58. The third kappa shape index (κ3) is 5.00. The minimum atomic E-state index is 0.517. The molecule has 2 saturated heterocycles. The number of morpholine rings is 1. The summed E-state index contributed by atoms with van der Waals surface area (Å²) in [6, 6.07) is 1.69. The number of nitrogens with one attached hydrogen (secondary N) is 2. The van der Waals surface area contributed by atoms with E-state index in [0.717, 1.165) is 32.7 Å². The van der Waals surface area contributed by atoms with Gasteiger partial charge in [0, 0.05) is 50.8 Å². The van der Waals surface area contributed by atoms with Gasteiger partial charge >= 0.3 is 0 Å². The molecular formula is C14H30N4O. The molecule has 0 aliphatic carbocycles. The van der Waals surface area contributed by atoms with Crippen LogP contribution < -0.4 is 10.6 Å². The molecule has 2 N–H and O–H groups in total. The van der Waals surface area contributed by atoms with Crippen molar-refractivity contribution < 1.29 is 4.74 Å². The van der Waals surface area contributed by atoms with Gasteiger partial charge < -0.3 is 20.3 Å². The average molecular weight is 270 g/mol. The molecule has 5 nitrogen and oxygen atoms in total. The minimum Gasteiger partial charge on any atom is -0.379 e. The van der Waals surface area contributed by atoms with Crippen LogP contribution in [0.25, 0.3) is 0 Å². The Hall–Kier alpha value is -0.200. The van der Waals surface area contributed by atoms with E-state index in [-0.39, 0.29) is 0 Å². The third-order valence-corrected chi connectivity index (χ3v) is 4.32. The number of hydrogen-bond acceptors (Lipinski definition) is 5. The summed E-state index contributed by atoms with van der Waals surface area (Å²) in [6.45, 7) is 9.60. The second kappa shape index (κ2) is 7.55. The molecule has 2 fully saturated rings. The molecule has 0 aromatic carbocycles. The van der Waals surface area contributed by atoms with Crippen LogP contribution in [-0.4, -0.2) is 88.0 Å². The van der Waals surface area contributed by atoms with Crippen LogP contribution in [0.2, 0.25) is 0 Å². The highest BCUT2D eigenvalue weighted by atomic mass is 16.5. The van der Waals surface area contributed by atoms with E-state index in [1.54, 1.807) is 0 Å². The number of nitrogens with zero attached hydrogens (tertiary/aromatic N) is 2. The monoisotopic (exact) mass is 270 g/mol. The maximum absolute atomic E-state index is 5.50. The standard InChI is InChI=1S/C14H30N4O/c1-12(8-13-11-19-7-4-15-13)16-9-14-10-17(2)5-6-18(14)3/h12-16H,4-11H2,1-3H3. The van der Waals surface area contributed by atoms with Gasteiger partial charge in [-0.2, -0.15) is 0 Å². The van der Waals surface area contributed by atoms with Crippen LogP contribution in [0.4, 0.5) is 0 Å². The number of ether oxygens (including phenoxy) is 1. The third-order valence-electron chi connectivity index (χ3n) is 4.32. The molecule has 0 aromatic rings. The van der Waals surface area contributed by atoms with Crippen molar-refractivity contribution in [1.82, 2.24) is 20.4 Å². The van der Waals surface area contributed by atoms with Crippen molar-refractivity contribution in [2.75, 3.05) is 60.0 Å². The lowest BCUT2D eigenvalue weighted by atomic mass is 10.1. The zero-order chi connectivity index (χ0) is 13.7. The second-order valence-electron chi connectivity index (χ2n) is 6.17. The van der Waals surface area contributed by atoms with Gasteiger partial charge in [0.05, 0.1) is 13.2 Å². The van der Waals surface area contributed by atoms with E-state index < -0.39 is 0 Å². The maximum atomic E-state index is 5.50. The van der Waals surface area contributed by atoms with Crippen LogP contribution in [0.5, 0.6) is 0 Å². The fourth-order valence-corrected chi connectivity index (χ4v) is 2.94. The predicted molar refractivity (Wildman–Crippen MR) is 78.6 cm³/mol. The predicted octanol–water partition coefficient (Wildman–Crippen LogP) is -0.411. The van der Waals surface area contributed by atoms with Gasteiger partial charge in [-0.3, -0.25) is 4.90 Å². The molecule has 2 aliphatic rings. The van der Waals surface area contributed by atoms with Crippen LogP contribution in [-0.2, 0) is 4.74 Å². The summed E-state index contributed by atoms with van der Waals surface area (Å²) < 4.78 is 5.50. The molecular weight excluding hydrogens is 240 g/mol. The van der Waals surface area contributed by atoms with Crippen LogP contribution >= 0.6 is 0 Å². The Morgan fingerprint density at radius 1 is 1.37 bits per heavy atom. The maximum Gasteiger partial charge on any atom is 0.0620 e. The zero-order valence-corrected chi connectivity index (χ0v) is 12.7. The molecule has 112 valence electrons. The summed E-state index contributed by atoms with van der Waals surface area (Å²) in [4.78, 5) is 4.90. The van der Waals surface area contributed by atoms with E-state index >= 15 is 0 Å². The molecule has 0 aromatic heterocycles. The van der Waals surface area contributed by atoms with Crippen LogP contribution in [0, 0.1) is 0 Å². The van der Waals surface area contributed by atoms with Crippen molar-refractivity contribution in [3.63, 3.8) is 0 Å². The van der Waals surface area contributed by atoms with Gasteiger partial charge in [0.2, 0.25) is 0 Å². The molecule has 0 radical (unpaired) electrons. The lowest BCUT2D eigenvalue weighted by Crippen LogP contribution is -2.55. The van der Waals surface area contributed by atoms with Crippen molar-refractivity contribution in [2.24, 2.45) is 0 Å². The normalized spacial score (nSPS) is 32.4. The largest absolute Gasteiger partial charge is 0.379 e. The van der Waals surface area contributed by atoms with Crippen LogP contribution in [0.1, 0.15) is 13.3 Å². The highest BCUT2D eigenvalue weighted by Gasteiger charge is 2.23. The number of hydrogen-bond donors (Lipinski definition) is 2. The molecule has 0 spiro atoms. The minimum absolute atomic E-state index is 0.517. The van der Waals surface area contributed by atoms with Gasteiger partial charge in [0.15, 0.2) is 0 Å². The molecule has 2 aliphatic heterocycles. The summed E-state index contributed by atoms with van der Waals surface area (Å²) in [6.07, 6.45) is 1.15. The van der Waals surface area contributed by atoms with E-state index in [1.807, 2.05) is 0 Å². The van der Waals surface area contributed by atoms with Gasteiger partial charge in [-0.25, -0.2) is 0 Å². The Labute approximate surface area is 117 Å². The number of rotatable bonds is 5. The second-order valence-corrected chi connectivity index (χ2v) is 6.17. The zero-order valence-electron chi connectivity index (χ0n) is 12.7. The summed E-state index contributed by atoms with van der Waals surface area (Å²) in [5, 5.41) is 7.21. The van der Waals surface area contributed by atoms with E-state index in [1.165, 1.54) is 19.6 Å². The quantitative estimate of drug-likeness (QED) is 0.711. The first-order chi connectivity index (χ1) is 9.15. The van der Waals surface area contributed by atoms with Crippen molar-refractivity contribution in [3.8, 4) is 0 Å². The number of piperazine rings is 1. The molecule has 3 unspecified atom stereocenters. The molecule has 5 heteroatoms. The number of likely N-dealkylation sites (N-methyl/N-ethyl adjacent to an activating group) is 2. The van der Waals surface area contributed by atoms with E-state index in [9.17, 15) is 0 Å². The highest BCUT2D eigenvalue weighted by molar-refractivity contribution is 4.82. The molecule has 0 saturated carbocycles. The van der Waals surface area contributed by atoms with Crippen molar-refractivity contribution in [2.45, 2.75) is 31.5 Å². The van der Waals surface area contributed by atoms with E-state index in [2.05, 4.69) is 41.5 Å². The summed E-state index contributed by atoms with van der Waals surface area (Å²) >= 11 is 0. The average Bonchev–Trinajstić information content (AvgIpc) is 2.41. The highest BCUT2D eigenvalue weighted by Crippen LogP contribution is 2.07. The Kier molecular flexibility index (Phi) is 6.04. The van der Waals surface area contributed by atoms with Crippen LogP contribution in [0.15, 0.2) is 0 Å². The lowest BCUT2D eigenvalue weighted by Gasteiger charge is -2.38. The molecule has 0 bridgehead atoms. The van der Waals surface area contributed by atoms with E-state index in [4.69, 9.17) is 4.74 Å². The van der Waals surface area contributed by atoms with Gasteiger partial charge in [-0.15, -0.1) is 0 Å². The molecule has 19 heavy (non-hydrogen) atoms. The van der Waals surface area contributed by atoms with Gasteiger partial charge in [-0.05, 0) is 27.4 Å². The molecule has 2 rings (SSSR count). The SMILES string of the molecule is CC(CC1COCCN1)NCC1CN(C)CCN1C. The Morgan fingerprint density at radius 2 is 2.21 bits per heavy atom. The van der Waals surface area contributed by atoms with E-state index in [0.29, 0.717) is 18.1 Å². The summed E-state index contributed by atoms with van der Waals surface area (Å²) in [5.74, 6) is 0. The van der Waals surface area contributed by atoms with Gasteiger partial charge in [0.1, 0.15) is 0 Å². The van der Waals surface area contributed by atoms with Gasteiger partial charge in [-0.1, -0.05) is 0 Å². The first-order valence-corrected chi connectivity index (χ1v) is 7.58.